The molecule has 17 heavy (non-hydrogen) atoms. The van der Waals surface area contributed by atoms with Gasteiger partial charge in [-0.05, 0) is 45.6 Å². The molecule has 1 aliphatic carbocycles. The Kier molecular flexibility index (Phi) is 5.41. The normalized spacial score (nSPS) is 30.4. The predicted molar refractivity (Wildman–Crippen MR) is 69.8 cm³/mol. The van der Waals surface area contributed by atoms with Crippen molar-refractivity contribution in [1.82, 2.24) is 5.32 Å². The number of sulfone groups is 1. The molecule has 0 amide bonds. The Balaban J connectivity index is 2.32. The van der Waals surface area contributed by atoms with Gasteiger partial charge in [-0.3, -0.25) is 0 Å². The van der Waals surface area contributed by atoms with Crippen LogP contribution >= 0.6 is 0 Å². The average molecular weight is 263 g/mol. The van der Waals surface area contributed by atoms with Crippen LogP contribution in [0.4, 0.5) is 0 Å². The second kappa shape index (κ2) is 6.16. The molecule has 0 atom stereocenters. The van der Waals surface area contributed by atoms with Crippen molar-refractivity contribution in [2.24, 2.45) is 0 Å². The van der Waals surface area contributed by atoms with E-state index in [1.54, 1.807) is 6.92 Å². The van der Waals surface area contributed by atoms with E-state index in [2.05, 4.69) is 5.32 Å². The summed E-state index contributed by atoms with van der Waals surface area (Å²) >= 11 is 0. The quantitative estimate of drug-likeness (QED) is 0.753. The zero-order valence-electron chi connectivity index (χ0n) is 10.9. The molecule has 0 heterocycles. The molecule has 0 unspecified atom stereocenters. The molecule has 0 aliphatic heterocycles. The van der Waals surface area contributed by atoms with E-state index in [-0.39, 0.29) is 11.5 Å². The Morgan fingerprint density at radius 2 is 1.94 bits per heavy atom. The Labute approximate surface area is 105 Å². The summed E-state index contributed by atoms with van der Waals surface area (Å²) in [4.78, 5) is 0. The van der Waals surface area contributed by atoms with Crippen LogP contribution in [0.25, 0.3) is 0 Å². The average Bonchev–Trinajstić information content (AvgIpc) is 2.30. The fraction of sp³-hybridized carbons (Fsp3) is 1.00. The largest absolute Gasteiger partial charge is 0.390 e. The molecule has 5 heteroatoms. The Morgan fingerprint density at radius 3 is 2.41 bits per heavy atom. The Morgan fingerprint density at radius 1 is 1.35 bits per heavy atom. The fourth-order valence-electron chi connectivity index (χ4n) is 2.46. The van der Waals surface area contributed by atoms with Gasteiger partial charge in [-0.25, -0.2) is 8.42 Å². The molecule has 1 fully saturated rings. The smallest absolute Gasteiger partial charge is 0.150 e. The predicted octanol–water partition coefficient (Wildman–Crippen LogP) is 1.09. The number of hydrogen-bond donors (Lipinski definition) is 2. The van der Waals surface area contributed by atoms with Crippen LogP contribution in [0, 0.1) is 0 Å². The van der Waals surface area contributed by atoms with Crippen molar-refractivity contribution >= 4 is 9.84 Å². The van der Waals surface area contributed by atoms with Gasteiger partial charge in [0.05, 0.1) is 11.4 Å². The molecular formula is C12H25NO3S. The molecule has 0 saturated heterocycles. The summed E-state index contributed by atoms with van der Waals surface area (Å²) in [6.45, 7) is 1.67. The van der Waals surface area contributed by atoms with Crippen LogP contribution in [0.2, 0.25) is 0 Å². The minimum absolute atomic E-state index is 0.202. The summed E-state index contributed by atoms with van der Waals surface area (Å²) in [6.07, 6.45) is 4.72. The van der Waals surface area contributed by atoms with E-state index in [1.165, 1.54) is 0 Å². The van der Waals surface area contributed by atoms with E-state index < -0.39 is 15.4 Å². The van der Waals surface area contributed by atoms with E-state index in [0.717, 1.165) is 25.7 Å². The summed E-state index contributed by atoms with van der Waals surface area (Å²) in [5, 5.41) is 13.6. The lowest BCUT2D eigenvalue weighted by atomic mass is 9.79. The van der Waals surface area contributed by atoms with Crippen molar-refractivity contribution in [2.75, 3.05) is 18.6 Å². The topological polar surface area (TPSA) is 66.4 Å². The number of rotatable bonds is 6. The van der Waals surface area contributed by atoms with Gasteiger partial charge in [-0.15, -0.1) is 0 Å². The van der Waals surface area contributed by atoms with Crippen molar-refractivity contribution in [3.8, 4) is 0 Å². The lowest BCUT2D eigenvalue weighted by Gasteiger charge is -2.36. The third kappa shape index (κ3) is 4.94. The van der Waals surface area contributed by atoms with Gasteiger partial charge in [0, 0.05) is 11.8 Å². The third-order valence-corrected chi connectivity index (χ3v) is 5.65. The fourth-order valence-corrected chi connectivity index (χ4v) is 3.33. The molecule has 0 aromatic carbocycles. The van der Waals surface area contributed by atoms with Gasteiger partial charge in [0.25, 0.3) is 0 Å². The van der Waals surface area contributed by atoms with Crippen molar-refractivity contribution in [1.29, 1.82) is 0 Å². The van der Waals surface area contributed by atoms with Crippen LogP contribution in [-0.2, 0) is 9.84 Å². The first-order chi connectivity index (χ1) is 7.91. The van der Waals surface area contributed by atoms with Gasteiger partial charge in [-0.1, -0.05) is 6.92 Å². The molecule has 0 aromatic heterocycles. The van der Waals surface area contributed by atoms with E-state index in [1.807, 2.05) is 7.05 Å². The molecule has 102 valence electrons. The minimum Gasteiger partial charge on any atom is -0.390 e. The number of hydrogen-bond acceptors (Lipinski definition) is 4. The summed E-state index contributed by atoms with van der Waals surface area (Å²) < 4.78 is 22.7. The molecule has 0 aromatic rings. The van der Waals surface area contributed by atoms with E-state index in [4.69, 9.17) is 0 Å². The summed E-state index contributed by atoms with van der Waals surface area (Å²) in [5.74, 6) is 0.411. The first kappa shape index (κ1) is 14.9. The molecule has 0 bridgehead atoms. The van der Waals surface area contributed by atoms with Crippen LogP contribution in [0.3, 0.4) is 0 Å². The standard InChI is InChI=1S/C12H25NO3S/c1-3-17(15,16)10-4-7-12(14)8-5-11(13-2)6-9-12/h11,13-14H,3-10H2,1-2H3. The molecule has 0 spiro atoms. The molecule has 0 radical (unpaired) electrons. The second-order valence-corrected chi connectivity index (χ2v) is 7.60. The van der Waals surface area contributed by atoms with Gasteiger partial charge in [0.2, 0.25) is 0 Å². The third-order valence-electron chi connectivity index (χ3n) is 3.86. The lowest BCUT2D eigenvalue weighted by molar-refractivity contribution is -0.0107. The summed E-state index contributed by atoms with van der Waals surface area (Å²) in [5.41, 5.74) is -0.628. The van der Waals surface area contributed by atoms with Gasteiger partial charge >= 0.3 is 0 Å². The van der Waals surface area contributed by atoms with Crippen molar-refractivity contribution in [3.05, 3.63) is 0 Å². The van der Waals surface area contributed by atoms with Crippen molar-refractivity contribution < 1.29 is 13.5 Å². The number of aliphatic hydroxyl groups is 1. The molecule has 4 nitrogen and oxygen atoms in total. The van der Waals surface area contributed by atoms with E-state index >= 15 is 0 Å². The summed E-state index contributed by atoms with van der Waals surface area (Å²) in [6, 6.07) is 0.509. The molecule has 1 aliphatic rings. The van der Waals surface area contributed by atoms with Crippen molar-refractivity contribution in [2.45, 2.75) is 57.1 Å². The molecule has 1 saturated carbocycles. The maximum absolute atomic E-state index is 11.4. The van der Waals surface area contributed by atoms with Crippen molar-refractivity contribution in [3.63, 3.8) is 0 Å². The maximum Gasteiger partial charge on any atom is 0.150 e. The zero-order valence-corrected chi connectivity index (χ0v) is 11.7. The monoisotopic (exact) mass is 263 g/mol. The highest BCUT2D eigenvalue weighted by atomic mass is 32.2. The van der Waals surface area contributed by atoms with Crippen LogP contribution in [-0.4, -0.2) is 43.7 Å². The minimum atomic E-state index is -2.89. The van der Waals surface area contributed by atoms with Gasteiger partial charge in [0.15, 0.2) is 0 Å². The van der Waals surface area contributed by atoms with E-state index in [9.17, 15) is 13.5 Å². The van der Waals surface area contributed by atoms with Crippen LogP contribution in [0.15, 0.2) is 0 Å². The Hall–Kier alpha value is -0.130. The SMILES string of the molecule is CCS(=O)(=O)CCCC1(O)CCC(NC)CC1. The van der Waals surface area contributed by atoms with Crippen LogP contribution < -0.4 is 5.32 Å². The lowest BCUT2D eigenvalue weighted by Crippen LogP contribution is -2.40. The highest BCUT2D eigenvalue weighted by Gasteiger charge is 2.32. The highest BCUT2D eigenvalue weighted by Crippen LogP contribution is 2.32. The first-order valence-corrected chi connectivity index (χ1v) is 8.33. The van der Waals surface area contributed by atoms with Crippen LogP contribution in [0.5, 0.6) is 0 Å². The second-order valence-electron chi connectivity index (χ2n) is 5.13. The van der Waals surface area contributed by atoms with Crippen LogP contribution in [0.1, 0.15) is 45.4 Å². The number of nitrogens with one attached hydrogen (secondary N) is 1. The maximum atomic E-state index is 11.4. The summed E-state index contributed by atoms with van der Waals surface area (Å²) in [7, 11) is -0.939. The first-order valence-electron chi connectivity index (χ1n) is 6.51. The highest BCUT2D eigenvalue weighted by molar-refractivity contribution is 7.91. The van der Waals surface area contributed by atoms with Gasteiger partial charge in [-0.2, -0.15) is 0 Å². The molecule has 2 N–H and O–H groups in total. The zero-order chi connectivity index (χ0) is 12.9. The van der Waals surface area contributed by atoms with E-state index in [0.29, 0.717) is 18.9 Å². The molecule has 1 rings (SSSR count). The van der Waals surface area contributed by atoms with Gasteiger partial charge < -0.3 is 10.4 Å². The van der Waals surface area contributed by atoms with Gasteiger partial charge in [0.1, 0.15) is 9.84 Å². The Bertz CT molecular complexity index is 319. The molecular weight excluding hydrogens is 238 g/mol.